The monoisotopic (exact) mass is 233 g/mol. The molecule has 0 N–H and O–H groups in total. The van der Waals surface area contributed by atoms with Crippen molar-refractivity contribution in [3.8, 4) is 0 Å². The zero-order chi connectivity index (χ0) is 12.7. The van der Waals surface area contributed by atoms with E-state index in [4.69, 9.17) is 4.74 Å². The first-order valence-corrected chi connectivity index (χ1v) is 5.68. The first kappa shape index (κ1) is 13.4. The SMILES string of the molecule is CCC(C)([C]=O)CC(=O)OCc1ccccc1. The molecule has 0 saturated carbocycles. The van der Waals surface area contributed by atoms with Crippen molar-refractivity contribution in [2.24, 2.45) is 5.41 Å². The van der Waals surface area contributed by atoms with Crippen LogP contribution in [0.1, 0.15) is 32.3 Å². The van der Waals surface area contributed by atoms with E-state index in [2.05, 4.69) is 0 Å². The van der Waals surface area contributed by atoms with E-state index in [0.29, 0.717) is 6.42 Å². The van der Waals surface area contributed by atoms with Gasteiger partial charge in [0, 0.05) is 5.41 Å². The van der Waals surface area contributed by atoms with E-state index in [0.717, 1.165) is 5.56 Å². The first-order valence-electron chi connectivity index (χ1n) is 5.68. The highest BCUT2D eigenvalue weighted by Gasteiger charge is 2.26. The van der Waals surface area contributed by atoms with Gasteiger partial charge in [0.05, 0.1) is 6.42 Å². The molecule has 3 heteroatoms. The fourth-order valence-corrected chi connectivity index (χ4v) is 1.34. The van der Waals surface area contributed by atoms with E-state index in [1.165, 1.54) is 0 Å². The van der Waals surface area contributed by atoms with Crippen molar-refractivity contribution in [1.29, 1.82) is 0 Å². The molecule has 1 atom stereocenters. The standard InChI is InChI=1S/C14H17O3/c1-3-14(2,11-15)9-13(16)17-10-12-7-5-4-6-8-12/h4-8H,3,9-10H2,1-2H3. The molecule has 0 amide bonds. The third-order valence-corrected chi connectivity index (χ3v) is 2.80. The van der Waals surface area contributed by atoms with Crippen LogP contribution in [-0.2, 0) is 20.9 Å². The number of benzene rings is 1. The Labute approximate surface area is 102 Å². The summed E-state index contributed by atoms with van der Waals surface area (Å²) < 4.78 is 5.11. The van der Waals surface area contributed by atoms with E-state index >= 15 is 0 Å². The zero-order valence-electron chi connectivity index (χ0n) is 10.2. The lowest BCUT2D eigenvalue weighted by molar-refractivity contribution is -0.146. The molecule has 0 aliphatic heterocycles. The van der Waals surface area contributed by atoms with Gasteiger partial charge in [0.15, 0.2) is 0 Å². The summed E-state index contributed by atoms with van der Waals surface area (Å²) in [6.07, 6.45) is 2.57. The highest BCUT2D eigenvalue weighted by Crippen LogP contribution is 2.23. The van der Waals surface area contributed by atoms with Crippen LogP contribution in [0.25, 0.3) is 0 Å². The van der Waals surface area contributed by atoms with Crippen molar-refractivity contribution >= 4 is 12.3 Å². The molecule has 0 aliphatic rings. The maximum Gasteiger partial charge on any atom is 0.307 e. The van der Waals surface area contributed by atoms with Gasteiger partial charge >= 0.3 is 5.97 Å². The molecule has 0 aliphatic carbocycles. The van der Waals surface area contributed by atoms with Gasteiger partial charge in [0.2, 0.25) is 6.29 Å². The van der Waals surface area contributed by atoms with E-state index in [-0.39, 0.29) is 19.0 Å². The van der Waals surface area contributed by atoms with Crippen LogP contribution < -0.4 is 0 Å². The average Bonchev–Trinajstić information content (AvgIpc) is 2.37. The van der Waals surface area contributed by atoms with Crippen molar-refractivity contribution in [2.75, 3.05) is 0 Å². The second kappa shape index (κ2) is 6.18. The molecule has 17 heavy (non-hydrogen) atoms. The van der Waals surface area contributed by atoms with Gasteiger partial charge in [-0.3, -0.25) is 9.59 Å². The molecule has 91 valence electrons. The summed E-state index contributed by atoms with van der Waals surface area (Å²) in [5, 5.41) is 0. The van der Waals surface area contributed by atoms with Crippen LogP contribution in [0.3, 0.4) is 0 Å². The lowest BCUT2D eigenvalue weighted by Crippen LogP contribution is -2.22. The summed E-state index contributed by atoms with van der Waals surface area (Å²) in [6, 6.07) is 9.45. The average molecular weight is 233 g/mol. The van der Waals surface area contributed by atoms with Gasteiger partial charge in [0.25, 0.3) is 0 Å². The van der Waals surface area contributed by atoms with Crippen molar-refractivity contribution in [3.05, 3.63) is 35.9 Å². The summed E-state index contributed by atoms with van der Waals surface area (Å²) in [6.45, 7) is 3.82. The fraction of sp³-hybridized carbons (Fsp3) is 0.429. The van der Waals surface area contributed by atoms with Crippen molar-refractivity contribution in [2.45, 2.75) is 33.3 Å². The summed E-state index contributed by atoms with van der Waals surface area (Å²) >= 11 is 0. The molecule has 1 unspecified atom stereocenters. The molecular formula is C14H17O3. The van der Waals surface area contributed by atoms with Crippen molar-refractivity contribution in [1.82, 2.24) is 0 Å². The molecule has 3 nitrogen and oxygen atoms in total. The molecule has 0 fully saturated rings. The number of rotatable bonds is 6. The van der Waals surface area contributed by atoms with Crippen LogP contribution in [0, 0.1) is 5.41 Å². The van der Waals surface area contributed by atoms with Gasteiger partial charge in [-0.1, -0.05) is 44.2 Å². The third kappa shape index (κ3) is 4.39. The molecule has 1 aromatic carbocycles. The maximum atomic E-state index is 11.5. The largest absolute Gasteiger partial charge is 0.461 e. The van der Waals surface area contributed by atoms with E-state index in [1.807, 2.05) is 43.5 Å². The van der Waals surface area contributed by atoms with Crippen molar-refractivity contribution < 1.29 is 14.3 Å². The Bertz CT molecular complexity index is 372. The van der Waals surface area contributed by atoms with Gasteiger partial charge < -0.3 is 4.74 Å². The minimum atomic E-state index is -0.728. The molecule has 0 spiro atoms. The Morgan fingerprint density at radius 2 is 2.00 bits per heavy atom. The van der Waals surface area contributed by atoms with E-state index in [9.17, 15) is 9.59 Å². The zero-order valence-corrected chi connectivity index (χ0v) is 10.2. The molecular weight excluding hydrogens is 216 g/mol. The lowest BCUT2D eigenvalue weighted by Gasteiger charge is -2.18. The van der Waals surface area contributed by atoms with Crippen LogP contribution in [0.4, 0.5) is 0 Å². The number of carbonyl (C=O) groups is 1. The number of hydrogen-bond donors (Lipinski definition) is 0. The molecule has 1 radical (unpaired) electrons. The van der Waals surface area contributed by atoms with Crippen LogP contribution in [0.5, 0.6) is 0 Å². The number of ether oxygens (including phenoxy) is 1. The summed E-state index contributed by atoms with van der Waals surface area (Å²) in [5.74, 6) is -0.360. The fourth-order valence-electron chi connectivity index (χ4n) is 1.34. The Hall–Kier alpha value is -1.64. The van der Waals surface area contributed by atoms with Crippen LogP contribution in [0.2, 0.25) is 0 Å². The van der Waals surface area contributed by atoms with E-state index < -0.39 is 5.41 Å². The predicted octanol–water partition coefficient (Wildman–Crippen LogP) is 2.65. The van der Waals surface area contributed by atoms with Crippen LogP contribution in [-0.4, -0.2) is 12.3 Å². The smallest absolute Gasteiger partial charge is 0.307 e. The highest BCUT2D eigenvalue weighted by molar-refractivity contribution is 5.76. The molecule has 1 rings (SSSR count). The van der Waals surface area contributed by atoms with Crippen LogP contribution in [0.15, 0.2) is 30.3 Å². The van der Waals surface area contributed by atoms with Gasteiger partial charge in [-0.15, -0.1) is 0 Å². The number of hydrogen-bond acceptors (Lipinski definition) is 3. The summed E-state index contributed by atoms with van der Waals surface area (Å²) in [4.78, 5) is 22.3. The third-order valence-electron chi connectivity index (χ3n) is 2.80. The lowest BCUT2D eigenvalue weighted by atomic mass is 9.86. The van der Waals surface area contributed by atoms with E-state index in [1.54, 1.807) is 6.92 Å². The molecule has 0 aromatic heterocycles. The molecule has 0 heterocycles. The summed E-state index contributed by atoms with van der Waals surface area (Å²) in [7, 11) is 0. The molecule has 0 saturated heterocycles. The van der Waals surface area contributed by atoms with Gasteiger partial charge in [-0.2, -0.15) is 0 Å². The first-order chi connectivity index (χ1) is 8.09. The Kier molecular flexibility index (Phi) is 4.88. The van der Waals surface area contributed by atoms with Crippen LogP contribution >= 0.6 is 0 Å². The Morgan fingerprint density at radius 3 is 2.53 bits per heavy atom. The van der Waals surface area contributed by atoms with Crippen molar-refractivity contribution in [3.63, 3.8) is 0 Å². The topological polar surface area (TPSA) is 43.4 Å². The maximum absolute atomic E-state index is 11.5. The normalized spacial score (nSPS) is 13.8. The van der Waals surface area contributed by atoms with Gasteiger partial charge in [-0.25, -0.2) is 0 Å². The second-order valence-electron chi connectivity index (χ2n) is 4.34. The highest BCUT2D eigenvalue weighted by atomic mass is 16.5. The number of esters is 1. The minimum Gasteiger partial charge on any atom is -0.461 e. The molecule has 1 aromatic rings. The summed E-state index contributed by atoms with van der Waals surface area (Å²) in [5.41, 5.74) is 0.211. The molecule has 0 bridgehead atoms. The van der Waals surface area contributed by atoms with Gasteiger partial charge in [0.1, 0.15) is 6.61 Å². The minimum absolute atomic E-state index is 0.0832. The Balaban J connectivity index is 2.43. The quantitative estimate of drug-likeness (QED) is 0.709. The Morgan fingerprint density at radius 1 is 1.35 bits per heavy atom. The number of carbonyl (C=O) groups excluding carboxylic acids is 2. The predicted molar refractivity (Wildman–Crippen MR) is 64.9 cm³/mol. The second-order valence-corrected chi connectivity index (χ2v) is 4.34. The van der Waals surface area contributed by atoms with Gasteiger partial charge in [-0.05, 0) is 12.0 Å².